The molecule has 0 aliphatic rings. The Bertz CT molecular complexity index is 1230. The Morgan fingerprint density at radius 2 is 1.88 bits per heavy atom. The number of carbonyl (C=O) groups is 1. The molecule has 0 saturated carbocycles. The number of hydrogen-bond acceptors (Lipinski definition) is 3. The molecule has 3 N–H and O–H groups in total. The van der Waals surface area contributed by atoms with Gasteiger partial charge in [-0.1, -0.05) is 48.5 Å². The molecule has 1 unspecified atom stereocenters. The maximum atomic E-state index is 13.3. The summed E-state index contributed by atoms with van der Waals surface area (Å²) in [6.07, 6.45) is 2.46. The second-order valence-electron chi connectivity index (χ2n) is 7.88. The number of amides is 1. The molecular formula is C27H28N2O3. The summed E-state index contributed by atoms with van der Waals surface area (Å²) in [4.78, 5) is 16.5. The SMILES string of the molecule is CCOc1ccc(-c2ccccc2C)cc1C(=O)NC(CO)Cc1c[nH]c2ccccc12. The lowest BCUT2D eigenvalue weighted by Crippen LogP contribution is -2.39. The summed E-state index contributed by atoms with van der Waals surface area (Å²) in [5, 5.41) is 14.1. The number of aliphatic hydroxyl groups excluding tert-OH is 1. The number of para-hydroxylation sites is 1. The van der Waals surface area contributed by atoms with E-state index >= 15 is 0 Å². The number of nitrogens with one attached hydrogen (secondary N) is 2. The number of benzene rings is 3. The molecule has 1 heterocycles. The summed E-state index contributed by atoms with van der Waals surface area (Å²) in [6, 6.07) is 21.3. The van der Waals surface area contributed by atoms with E-state index in [1.807, 2.05) is 73.8 Å². The standard InChI is InChI=1S/C27H28N2O3/c1-3-32-26-13-12-19(22-9-5-4-8-18(22)2)15-24(26)27(31)29-21(17-30)14-20-16-28-25-11-7-6-10-23(20)25/h4-13,15-16,21,28,30H,3,14,17H2,1-2H3,(H,29,31). The van der Waals surface area contributed by atoms with E-state index in [0.717, 1.165) is 33.2 Å². The minimum atomic E-state index is -0.418. The van der Waals surface area contributed by atoms with Crippen molar-refractivity contribution < 1.29 is 14.6 Å². The highest BCUT2D eigenvalue weighted by atomic mass is 16.5. The monoisotopic (exact) mass is 428 g/mol. The highest BCUT2D eigenvalue weighted by Gasteiger charge is 2.19. The molecule has 0 saturated heterocycles. The van der Waals surface area contributed by atoms with Crippen molar-refractivity contribution >= 4 is 16.8 Å². The van der Waals surface area contributed by atoms with E-state index in [9.17, 15) is 9.90 Å². The van der Waals surface area contributed by atoms with Crippen molar-refractivity contribution in [2.24, 2.45) is 0 Å². The van der Waals surface area contributed by atoms with Gasteiger partial charge in [0.2, 0.25) is 0 Å². The second-order valence-corrected chi connectivity index (χ2v) is 7.88. The molecule has 164 valence electrons. The second kappa shape index (κ2) is 9.71. The van der Waals surface area contributed by atoms with Crippen molar-refractivity contribution in [3.05, 3.63) is 89.6 Å². The first-order valence-electron chi connectivity index (χ1n) is 10.9. The van der Waals surface area contributed by atoms with Crippen LogP contribution < -0.4 is 10.1 Å². The maximum absolute atomic E-state index is 13.3. The van der Waals surface area contributed by atoms with Crippen molar-refractivity contribution in [2.75, 3.05) is 13.2 Å². The average Bonchev–Trinajstić information content (AvgIpc) is 3.22. The third kappa shape index (κ3) is 4.53. The van der Waals surface area contributed by atoms with Gasteiger partial charge in [-0.05, 0) is 60.7 Å². The zero-order valence-electron chi connectivity index (χ0n) is 18.4. The van der Waals surface area contributed by atoms with Crippen LogP contribution in [0.2, 0.25) is 0 Å². The first-order chi connectivity index (χ1) is 15.6. The number of aromatic amines is 1. The Kier molecular flexibility index (Phi) is 6.57. The van der Waals surface area contributed by atoms with Crippen molar-refractivity contribution in [1.29, 1.82) is 0 Å². The molecule has 4 aromatic rings. The predicted molar refractivity (Wildman–Crippen MR) is 128 cm³/mol. The first-order valence-corrected chi connectivity index (χ1v) is 10.9. The normalized spacial score (nSPS) is 12.0. The molecule has 0 spiro atoms. The smallest absolute Gasteiger partial charge is 0.255 e. The molecule has 32 heavy (non-hydrogen) atoms. The minimum Gasteiger partial charge on any atom is -0.493 e. The van der Waals surface area contributed by atoms with Crippen LogP contribution in [0.3, 0.4) is 0 Å². The summed E-state index contributed by atoms with van der Waals surface area (Å²) < 4.78 is 5.73. The Labute approximate surface area is 188 Å². The largest absolute Gasteiger partial charge is 0.493 e. The van der Waals surface area contributed by atoms with Gasteiger partial charge in [0.1, 0.15) is 5.75 Å². The van der Waals surface area contributed by atoms with Crippen LogP contribution in [-0.2, 0) is 6.42 Å². The number of aliphatic hydroxyl groups is 1. The first kappa shape index (κ1) is 21.7. The Morgan fingerprint density at radius 1 is 1.09 bits per heavy atom. The lowest BCUT2D eigenvalue weighted by molar-refractivity contribution is 0.0913. The van der Waals surface area contributed by atoms with Crippen LogP contribution in [0.15, 0.2) is 72.9 Å². The fourth-order valence-electron chi connectivity index (χ4n) is 4.04. The summed E-state index contributed by atoms with van der Waals surface area (Å²) in [5.41, 5.74) is 5.71. The van der Waals surface area contributed by atoms with Gasteiger partial charge in [0, 0.05) is 17.1 Å². The minimum absolute atomic E-state index is 0.160. The quantitative estimate of drug-likeness (QED) is 0.375. The molecular weight excluding hydrogens is 400 g/mol. The fraction of sp³-hybridized carbons (Fsp3) is 0.222. The van der Waals surface area contributed by atoms with E-state index < -0.39 is 6.04 Å². The van der Waals surface area contributed by atoms with Gasteiger partial charge in [0.05, 0.1) is 24.8 Å². The number of H-pyrrole nitrogens is 1. The molecule has 0 fully saturated rings. The number of hydrogen-bond donors (Lipinski definition) is 3. The van der Waals surface area contributed by atoms with Crippen LogP contribution in [0.1, 0.15) is 28.4 Å². The van der Waals surface area contributed by atoms with Crippen LogP contribution in [0.25, 0.3) is 22.0 Å². The predicted octanol–water partition coefficient (Wildman–Crippen LogP) is 4.88. The van der Waals surface area contributed by atoms with Gasteiger partial charge in [-0.3, -0.25) is 4.79 Å². The lowest BCUT2D eigenvalue weighted by atomic mass is 9.98. The maximum Gasteiger partial charge on any atom is 0.255 e. The zero-order valence-corrected chi connectivity index (χ0v) is 18.4. The van der Waals surface area contributed by atoms with Gasteiger partial charge in [-0.25, -0.2) is 0 Å². The van der Waals surface area contributed by atoms with Crippen molar-refractivity contribution in [1.82, 2.24) is 10.3 Å². The Morgan fingerprint density at radius 3 is 2.66 bits per heavy atom. The van der Waals surface area contributed by atoms with Gasteiger partial charge in [-0.2, -0.15) is 0 Å². The Hall–Kier alpha value is -3.57. The molecule has 0 aliphatic carbocycles. The van der Waals surface area contributed by atoms with Gasteiger partial charge in [0.25, 0.3) is 5.91 Å². The van der Waals surface area contributed by atoms with Gasteiger partial charge >= 0.3 is 0 Å². The fourth-order valence-corrected chi connectivity index (χ4v) is 4.04. The van der Waals surface area contributed by atoms with E-state index in [0.29, 0.717) is 24.3 Å². The van der Waals surface area contributed by atoms with Crippen LogP contribution >= 0.6 is 0 Å². The molecule has 0 bridgehead atoms. The molecule has 5 nitrogen and oxygen atoms in total. The van der Waals surface area contributed by atoms with Gasteiger partial charge in [-0.15, -0.1) is 0 Å². The molecule has 3 aromatic carbocycles. The zero-order chi connectivity index (χ0) is 22.5. The van der Waals surface area contributed by atoms with Crippen LogP contribution in [0.5, 0.6) is 5.75 Å². The van der Waals surface area contributed by atoms with Crippen LogP contribution in [0.4, 0.5) is 0 Å². The van der Waals surface area contributed by atoms with E-state index in [4.69, 9.17) is 4.74 Å². The number of fused-ring (bicyclic) bond motifs is 1. The lowest BCUT2D eigenvalue weighted by Gasteiger charge is -2.18. The number of carbonyl (C=O) groups excluding carboxylic acids is 1. The van der Waals surface area contributed by atoms with E-state index in [1.165, 1.54) is 0 Å². The molecule has 5 heteroatoms. The molecule has 0 radical (unpaired) electrons. The van der Waals surface area contributed by atoms with Crippen molar-refractivity contribution in [3.63, 3.8) is 0 Å². The molecule has 1 aromatic heterocycles. The van der Waals surface area contributed by atoms with Crippen LogP contribution in [-0.4, -0.2) is 35.3 Å². The van der Waals surface area contributed by atoms with E-state index in [2.05, 4.69) is 23.3 Å². The van der Waals surface area contributed by atoms with Gasteiger partial charge < -0.3 is 20.1 Å². The number of aromatic nitrogens is 1. The number of aryl methyl sites for hydroxylation is 1. The number of ether oxygens (including phenoxy) is 1. The Balaban J connectivity index is 1.60. The van der Waals surface area contributed by atoms with Crippen LogP contribution in [0, 0.1) is 6.92 Å². The molecule has 0 aliphatic heterocycles. The van der Waals surface area contributed by atoms with Gasteiger partial charge in [0.15, 0.2) is 0 Å². The van der Waals surface area contributed by atoms with Crippen molar-refractivity contribution in [3.8, 4) is 16.9 Å². The summed E-state index contributed by atoms with van der Waals surface area (Å²) in [6.45, 7) is 4.24. The summed E-state index contributed by atoms with van der Waals surface area (Å²) >= 11 is 0. The van der Waals surface area contributed by atoms with E-state index in [1.54, 1.807) is 0 Å². The highest BCUT2D eigenvalue weighted by Crippen LogP contribution is 2.29. The number of rotatable bonds is 8. The summed E-state index contributed by atoms with van der Waals surface area (Å²) in [5.74, 6) is 0.272. The molecule has 1 atom stereocenters. The average molecular weight is 429 g/mol. The molecule has 4 rings (SSSR count). The highest BCUT2D eigenvalue weighted by molar-refractivity contribution is 5.98. The van der Waals surface area contributed by atoms with Crippen molar-refractivity contribution in [2.45, 2.75) is 26.3 Å². The molecule has 1 amide bonds. The topological polar surface area (TPSA) is 74.3 Å². The third-order valence-electron chi connectivity index (χ3n) is 5.68. The van der Waals surface area contributed by atoms with E-state index in [-0.39, 0.29) is 12.5 Å². The summed E-state index contributed by atoms with van der Waals surface area (Å²) in [7, 11) is 0. The third-order valence-corrected chi connectivity index (χ3v) is 5.68.